The lowest BCUT2D eigenvalue weighted by molar-refractivity contribution is 0.184. The number of ether oxygens (including phenoxy) is 1. The first-order valence-corrected chi connectivity index (χ1v) is 8.28. The van der Waals surface area contributed by atoms with Gasteiger partial charge in [-0.2, -0.15) is 0 Å². The van der Waals surface area contributed by atoms with E-state index in [2.05, 4.69) is 32.3 Å². The van der Waals surface area contributed by atoms with Crippen LogP contribution in [0.4, 0.5) is 0 Å². The highest BCUT2D eigenvalue weighted by Crippen LogP contribution is 2.13. The van der Waals surface area contributed by atoms with Crippen LogP contribution in [0.15, 0.2) is 48.9 Å². The van der Waals surface area contributed by atoms with Crippen LogP contribution in [0.5, 0.6) is 5.75 Å². The molecule has 1 aliphatic rings. The van der Waals surface area contributed by atoms with Crippen LogP contribution in [-0.2, 0) is 6.54 Å². The minimum atomic E-state index is 0.590. The second-order valence-electron chi connectivity index (χ2n) is 5.86. The van der Waals surface area contributed by atoms with E-state index in [0.717, 1.165) is 37.6 Å². The lowest BCUT2D eigenvalue weighted by Crippen LogP contribution is -2.43. The lowest BCUT2D eigenvalue weighted by Gasteiger charge is -2.32. The third-order valence-electron chi connectivity index (χ3n) is 4.14. The van der Waals surface area contributed by atoms with Crippen molar-refractivity contribution in [2.45, 2.75) is 25.4 Å². The zero-order chi connectivity index (χ0) is 15.7. The topological polar surface area (TPSA) is 50.3 Å². The Hall–Kier alpha value is -1.98. The van der Waals surface area contributed by atoms with E-state index in [4.69, 9.17) is 4.74 Å². The number of rotatable bonds is 7. The summed E-state index contributed by atoms with van der Waals surface area (Å²) in [5, 5.41) is 3.59. The average Bonchev–Trinajstić information content (AvgIpc) is 2.62. The van der Waals surface area contributed by atoms with E-state index in [1.165, 1.54) is 12.8 Å². The van der Waals surface area contributed by atoms with Crippen molar-refractivity contribution in [3.8, 4) is 5.75 Å². The van der Waals surface area contributed by atoms with Crippen LogP contribution >= 0.6 is 0 Å². The van der Waals surface area contributed by atoms with Gasteiger partial charge in [0.1, 0.15) is 12.4 Å². The van der Waals surface area contributed by atoms with E-state index >= 15 is 0 Å². The number of pyridine rings is 2. The highest BCUT2D eigenvalue weighted by molar-refractivity contribution is 5.15. The zero-order valence-electron chi connectivity index (χ0n) is 13.4. The molecule has 23 heavy (non-hydrogen) atoms. The van der Waals surface area contributed by atoms with Gasteiger partial charge in [0.05, 0.1) is 11.9 Å². The Morgan fingerprint density at radius 2 is 2.04 bits per heavy atom. The number of nitrogens with zero attached hydrogens (tertiary/aromatic N) is 3. The number of hydrogen-bond donors (Lipinski definition) is 1. The molecule has 122 valence electrons. The third-order valence-corrected chi connectivity index (χ3v) is 4.14. The van der Waals surface area contributed by atoms with Crippen molar-refractivity contribution in [3.05, 3.63) is 54.6 Å². The van der Waals surface area contributed by atoms with Crippen LogP contribution in [0, 0.1) is 0 Å². The number of likely N-dealkylation sites (tertiary alicyclic amines) is 1. The van der Waals surface area contributed by atoms with Crippen molar-refractivity contribution in [2.24, 2.45) is 0 Å². The van der Waals surface area contributed by atoms with Crippen molar-refractivity contribution < 1.29 is 4.74 Å². The molecule has 0 aliphatic carbocycles. The molecule has 3 rings (SSSR count). The summed E-state index contributed by atoms with van der Waals surface area (Å²) in [4.78, 5) is 10.9. The number of aromatic nitrogens is 2. The highest BCUT2D eigenvalue weighted by Gasteiger charge is 2.18. The third kappa shape index (κ3) is 5.30. The Bertz CT molecular complexity index is 553. The van der Waals surface area contributed by atoms with Gasteiger partial charge in [0.2, 0.25) is 0 Å². The molecular formula is C18H24N4O. The van der Waals surface area contributed by atoms with Gasteiger partial charge in [-0.1, -0.05) is 6.07 Å². The quantitative estimate of drug-likeness (QED) is 0.794. The fourth-order valence-corrected chi connectivity index (χ4v) is 2.88. The summed E-state index contributed by atoms with van der Waals surface area (Å²) in [6.07, 6.45) is 7.73. The first-order chi connectivity index (χ1) is 11.4. The zero-order valence-corrected chi connectivity index (χ0v) is 13.4. The first kappa shape index (κ1) is 15.9. The molecule has 0 spiro atoms. The minimum Gasteiger partial charge on any atom is -0.491 e. The summed E-state index contributed by atoms with van der Waals surface area (Å²) in [6, 6.07) is 10.5. The summed E-state index contributed by atoms with van der Waals surface area (Å²) >= 11 is 0. The monoisotopic (exact) mass is 312 g/mol. The van der Waals surface area contributed by atoms with Crippen molar-refractivity contribution in [2.75, 3.05) is 26.2 Å². The van der Waals surface area contributed by atoms with Crippen LogP contribution in [0.1, 0.15) is 18.5 Å². The van der Waals surface area contributed by atoms with Gasteiger partial charge in [0.25, 0.3) is 0 Å². The molecule has 0 radical (unpaired) electrons. The molecule has 5 heteroatoms. The van der Waals surface area contributed by atoms with E-state index in [9.17, 15) is 0 Å². The fourth-order valence-electron chi connectivity index (χ4n) is 2.88. The maximum atomic E-state index is 5.65. The molecule has 3 heterocycles. The molecule has 0 unspecified atom stereocenters. The fraction of sp³-hybridized carbons (Fsp3) is 0.444. The summed E-state index contributed by atoms with van der Waals surface area (Å²) in [7, 11) is 0. The molecule has 0 aromatic carbocycles. The Morgan fingerprint density at radius 3 is 2.78 bits per heavy atom. The Morgan fingerprint density at radius 1 is 1.13 bits per heavy atom. The van der Waals surface area contributed by atoms with Crippen LogP contribution in [0.2, 0.25) is 0 Å². The number of hydrogen-bond acceptors (Lipinski definition) is 5. The van der Waals surface area contributed by atoms with Gasteiger partial charge in [-0.3, -0.25) is 14.9 Å². The number of piperidine rings is 1. The molecule has 0 saturated carbocycles. The summed E-state index contributed by atoms with van der Waals surface area (Å²) in [5.74, 6) is 0.833. The van der Waals surface area contributed by atoms with Gasteiger partial charge in [0, 0.05) is 44.6 Å². The van der Waals surface area contributed by atoms with Crippen molar-refractivity contribution in [3.63, 3.8) is 0 Å². The summed E-state index contributed by atoms with van der Waals surface area (Å²) in [6.45, 7) is 4.76. The van der Waals surface area contributed by atoms with Gasteiger partial charge < -0.3 is 10.1 Å². The maximum absolute atomic E-state index is 5.65. The van der Waals surface area contributed by atoms with Crippen molar-refractivity contribution in [1.82, 2.24) is 20.2 Å². The smallest absolute Gasteiger partial charge is 0.137 e. The van der Waals surface area contributed by atoms with Gasteiger partial charge in [-0.25, -0.2) is 0 Å². The Labute approximate surface area is 137 Å². The standard InChI is InChI=1S/C18H24N4O/c1-2-9-20-17(4-1)15-22-11-6-16(7-12-22)21-10-13-23-18-5-3-8-19-14-18/h1-5,8-9,14,16,21H,6-7,10-13,15H2. The lowest BCUT2D eigenvalue weighted by atomic mass is 10.0. The SMILES string of the molecule is c1ccc(CN2CCC(NCCOc3cccnc3)CC2)nc1. The molecule has 2 aromatic heterocycles. The van der Waals surface area contributed by atoms with Crippen molar-refractivity contribution >= 4 is 0 Å². The molecule has 5 nitrogen and oxygen atoms in total. The molecule has 0 atom stereocenters. The summed E-state index contributed by atoms with van der Waals surface area (Å²) in [5.41, 5.74) is 1.16. The predicted octanol–water partition coefficient (Wildman–Crippen LogP) is 2.11. The highest BCUT2D eigenvalue weighted by atomic mass is 16.5. The molecule has 1 fully saturated rings. The van der Waals surface area contributed by atoms with E-state index < -0.39 is 0 Å². The molecule has 2 aromatic rings. The largest absolute Gasteiger partial charge is 0.491 e. The first-order valence-electron chi connectivity index (χ1n) is 8.28. The molecule has 1 saturated heterocycles. The van der Waals surface area contributed by atoms with E-state index in [0.29, 0.717) is 12.6 Å². The normalized spacial score (nSPS) is 16.3. The average molecular weight is 312 g/mol. The maximum Gasteiger partial charge on any atom is 0.137 e. The van der Waals surface area contributed by atoms with E-state index in [1.807, 2.05) is 24.4 Å². The van der Waals surface area contributed by atoms with Crippen LogP contribution in [0.25, 0.3) is 0 Å². The van der Waals surface area contributed by atoms with Gasteiger partial charge in [-0.05, 0) is 37.1 Å². The van der Waals surface area contributed by atoms with Crippen molar-refractivity contribution in [1.29, 1.82) is 0 Å². The number of nitrogens with one attached hydrogen (secondary N) is 1. The molecular weight excluding hydrogens is 288 g/mol. The molecule has 1 aliphatic heterocycles. The minimum absolute atomic E-state index is 0.590. The van der Waals surface area contributed by atoms with E-state index in [-0.39, 0.29) is 0 Å². The Kier molecular flexibility index (Phi) is 5.94. The second-order valence-corrected chi connectivity index (χ2v) is 5.86. The van der Waals surface area contributed by atoms with Crippen LogP contribution in [0.3, 0.4) is 0 Å². The van der Waals surface area contributed by atoms with E-state index in [1.54, 1.807) is 12.4 Å². The predicted molar refractivity (Wildman–Crippen MR) is 90.3 cm³/mol. The van der Waals surface area contributed by atoms with Crippen LogP contribution in [-0.4, -0.2) is 47.2 Å². The van der Waals surface area contributed by atoms with Gasteiger partial charge >= 0.3 is 0 Å². The van der Waals surface area contributed by atoms with Gasteiger partial charge in [-0.15, -0.1) is 0 Å². The summed E-state index contributed by atoms with van der Waals surface area (Å²) < 4.78 is 5.65. The second kappa shape index (κ2) is 8.60. The van der Waals surface area contributed by atoms with Gasteiger partial charge in [0.15, 0.2) is 0 Å². The van der Waals surface area contributed by atoms with Crippen LogP contribution < -0.4 is 10.1 Å². The molecule has 0 amide bonds. The molecule has 0 bridgehead atoms. The Balaban J connectivity index is 1.30. The molecule has 1 N–H and O–H groups in total.